The van der Waals surface area contributed by atoms with Gasteiger partial charge in [0.1, 0.15) is 6.04 Å². The summed E-state index contributed by atoms with van der Waals surface area (Å²) in [4.78, 5) is 44.2. The number of aliphatic carboxylic acids is 1. The van der Waals surface area contributed by atoms with Crippen molar-refractivity contribution in [3.05, 3.63) is 53.6 Å². The van der Waals surface area contributed by atoms with E-state index in [4.69, 9.17) is 11.5 Å². The molecule has 1 aromatic carbocycles. The molecule has 144 valence electrons. The Morgan fingerprint density at radius 3 is 2.56 bits per heavy atom. The molecular weight excluding hydrogens is 350 g/mol. The summed E-state index contributed by atoms with van der Waals surface area (Å²) in [6.07, 6.45) is 3.24. The normalized spacial score (nSPS) is 13.0. The van der Waals surface area contributed by atoms with Gasteiger partial charge in [-0.1, -0.05) is 24.3 Å². The number of H-pyrrole nitrogens is 1. The second-order valence-corrected chi connectivity index (χ2v) is 6.16. The minimum absolute atomic E-state index is 0.0331. The van der Waals surface area contributed by atoms with Crippen LogP contribution in [-0.2, 0) is 22.4 Å². The molecule has 2 aromatic rings. The number of benzene rings is 1. The smallest absolute Gasteiger partial charge is 0.326 e. The number of carboxylic acid groups (broad SMARTS) is 1. The molecule has 27 heavy (non-hydrogen) atoms. The third kappa shape index (κ3) is 4.99. The topological polar surface area (TPSA) is 155 Å². The molecule has 0 saturated heterocycles. The summed E-state index contributed by atoms with van der Waals surface area (Å²) in [6, 6.07) is 4.52. The van der Waals surface area contributed by atoms with Crippen LogP contribution in [0.5, 0.6) is 0 Å². The number of hydrogen-bond acceptors (Lipinski definition) is 6. The molecule has 0 radical (unpaired) electrons. The first-order valence-electron chi connectivity index (χ1n) is 8.39. The maximum absolute atomic E-state index is 12.6. The Morgan fingerprint density at radius 2 is 1.96 bits per heavy atom. The molecule has 1 aromatic heterocycles. The van der Waals surface area contributed by atoms with Crippen molar-refractivity contribution in [2.24, 2.45) is 11.5 Å². The number of Topliss-reactive ketones (excluding diaryl/α,β-unsaturated/α-hetero) is 1. The number of likely N-dealkylation sites (N-methyl/N-ethyl adjacent to an activating group) is 1. The van der Waals surface area contributed by atoms with Crippen molar-refractivity contribution in [3.63, 3.8) is 0 Å². The maximum atomic E-state index is 12.6. The fourth-order valence-corrected chi connectivity index (χ4v) is 2.81. The Kier molecular flexibility index (Phi) is 6.80. The van der Waals surface area contributed by atoms with E-state index in [0.717, 1.165) is 4.90 Å². The fourth-order valence-electron chi connectivity index (χ4n) is 2.81. The van der Waals surface area contributed by atoms with E-state index in [1.54, 1.807) is 30.5 Å². The van der Waals surface area contributed by atoms with Crippen LogP contribution in [0.3, 0.4) is 0 Å². The first-order chi connectivity index (χ1) is 12.8. The van der Waals surface area contributed by atoms with Gasteiger partial charge in [0.2, 0.25) is 5.91 Å². The predicted molar refractivity (Wildman–Crippen MR) is 98.0 cm³/mol. The average molecular weight is 373 g/mol. The number of hydrogen-bond donors (Lipinski definition) is 4. The van der Waals surface area contributed by atoms with Crippen LogP contribution in [-0.4, -0.2) is 63.3 Å². The Balaban J connectivity index is 2.18. The highest BCUT2D eigenvalue weighted by molar-refractivity contribution is 5.99. The second-order valence-electron chi connectivity index (χ2n) is 6.16. The summed E-state index contributed by atoms with van der Waals surface area (Å²) >= 11 is 0. The first kappa shape index (κ1) is 20.3. The SMILES string of the molecule is CN(C(=O)C(N)Cc1c[nH]cn1)C(Cc1ccccc1C(=O)CN)C(=O)O. The van der Waals surface area contributed by atoms with Crippen LogP contribution >= 0.6 is 0 Å². The average Bonchev–Trinajstić information content (AvgIpc) is 3.17. The van der Waals surface area contributed by atoms with Gasteiger partial charge in [0, 0.05) is 31.6 Å². The number of ketones is 1. The Hall–Kier alpha value is -3.04. The zero-order valence-electron chi connectivity index (χ0n) is 15.0. The van der Waals surface area contributed by atoms with Crippen LogP contribution in [0.2, 0.25) is 0 Å². The van der Waals surface area contributed by atoms with Crippen molar-refractivity contribution in [2.75, 3.05) is 13.6 Å². The highest BCUT2D eigenvalue weighted by Gasteiger charge is 2.31. The summed E-state index contributed by atoms with van der Waals surface area (Å²) in [5, 5.41) is 9.62. The van der Waals surface area contributed by atoms with E-state index in [9.17, 15) is 19.5 Å². The van der Waals surface area contributed by atoms with Crippen LogP contribution in [0.1, 0.15) is 21.6 Å². The van der Waals surface area contributed by atoms with Crippen molar-refractivity contribution in [2.45, 2.75) is 24.9 Å². The molecule has 1 amide bonds. The van der Waals surface area contributed by atoms with Crippen LogP contribution < -0.4 is 11.5 Å². The van der Waals surface area contributed by atoms with Gasteiger partial charge in [0.15, 0.2) is 5.78 Å². The molecule has 0 spiro atoms. The van der Waals surface area contributed by atoms with Gasteiger partial charge in [-0.05, 0) is 5.56 Å². The van der Waals surface area contributed by atoms with Crippen LogP contribution in [0, 0.1) is 0 Å². The molecule has 0 aliphatic rings. The van der Waals surface area contributed by atoms with E-state index < -0.39 is 24.0 Å². The number of imidazole rings is 1. The van der Waals surface area contributed by atoms with E-state index in [-0.39, 0.29) is 25.2 Å². The molecule has 0 aliphatic carbocycles. The number of aromatic nitrogens is 2. The Morgan fingerprint density at radius 1 is 1.26 bits per heavy atom. The lowest BCUT2D eigenvalue weighted by atomic mass is 9.96. The Bertz CT molecular complexity index is 806. The predicted octanol–water partition coefficient (Wildman–Crippen LogP) is -0.425. The van der Waals surface area contributed by atoms with Gasteiger partial charge in [-0.2, -0.15) is 0 Å². The number of carbonyl (C=O) groups is 3. The lowest BCUT2D eigenvalue weighted by molar-refractivity contribution is -0.149. The van der Waals surface area contributed by atoms with Gasteiger partial charge in [0.05, 0.1) is 24.6 Å². The quantitative estimate of drug-likeness (QED) is 0.435. The van der Waals surface area contributed by atoms with E-state index >= 15 is 0 Å². The van der Waals surface area contributed by atoms with Gasteiger partial charge in [-0.25, -0.2) is 9.78 Å². The minimum Gasteiger partial charge on any atom is -0.480 e. The molecule has 1 heterocycles. The fraction of sp³-hybridized carbons (Fsp3) is 0.333. The zero-order chi connectivity index (χ0) is 20.0. The van der Waals surface area contributed by atoms with Crippen LogP contribution in [0.4, 0.5) is 0 Å². The third-order valence-corrected chi connectivity index (χ3v) is 4.32. The maximum Gasteiger partial charge on any atom is 0.326 e. The number of amides is 1. The molecule has 9 nitrogen and oxygen atoms in total. The van der Waals surface area contributed by atoms with Gasteiger partial charge in [-0.3, -0.25) is 9.59 Å². The number of carbonyl (C=O) groups excluding carboxylic acids is 2. The monoisotopic (exact) mass is 373 g/mol. The summed E-state index contributed by atoms with van der Waals surface area (Å²) in [5.41, 5.74) is 12.8. The molecule has 0 saturated carbocycles. The standard InChI is InChI=1S/C18H23N5O4/c1-23(17(25)14(20)7-12-9-21-10-22-12)15(18(26)27)6-11-4-2-3-5-13(11)16(24)8-19/h2-5,9-10,14-15H,6-8,19-20H2,1H3,(H,21,22)(H,26,27). The lowest BCUT2D eigenvalue weighted by Gasteiger charge is -2.27. The van der Waals surface area contributed by atoms with Crippen molar-refractivity contribution in [3.8, 4) is 0 Å². The number of carboxylic acids is 1. The highest BCUT2D eigenvalue weighted by Crippen LogP contribution is 2.15. The number of nitrogens with zero attached hydrogens (tertiary/aromatic N) is 2. The number of nitrogens with two attached hydrogens (primary N) is 2. The molecule has 0 fully saturated rings. The minimum atomic E-state index is -1.19. The summed E-state index contributed by atoms with van der Waals surface area (Å²) in [6.45, 7) is -0.182. The van der Waals surface area contributed by atoms with Crippen molar-refractivity contribution in [1.82, 2.24) is 14.9 Å². The van der Waals surface area contributed by atoms with Gasteiger partial charge >= 0.3 is 5.97 Å². The second kappa shape index (κ2) is 9.06. The Labute approximate surface area is 156 Å². The third-order valence-electron chi connectivity index (χ3n) is 4.32. The number of aromatic amines is 1. The molecule has 2 atom stereocenters. The van der Waals surface area contributed by atoms with E-state index in [1.165, 1.54) is 13.4 Å². The van der Waals surface area contributed by atoms with Crippen molar-refractivity contribution < 1.29 is 19.5 Å². The number of rotatable bonds is 9. The summed E-state index contributed by atoms with van der Waals surface area (Å²) in [5.74, 6) is -2.00. The first-order valence-corrected chi connectivity index (χ1v) is 8.39. The van der Waals surface area contributed by atoms with E-state index in [2.05, 4.69) is 9.97 Å². The molecular formula is C18H23N5O4. The van der Waals surface area contributed by atoms with Gasteiger partial charge in [-0.15, -0.1) is 0 Å². The highest BCUT2D eigenvalue weighted by atomic mass is 16.4. The molecule has 2 unspecified atom stereocenters. The largest absolute Gasteiger partial charge is 0.480 e. The summed E-state index contributed by atoms with van der Waals surface area (Å²) < 4.78 is 0. The van der Waals surface area contributed by atoms with Gasteiger partial charge in [0.25, 0.3) is 0 Å². The molecule has 0 aliphatic heterocycles. The molecule has 6 N–H and O–H groups in total. The van der Waals surface area contributed by atoms with E-state index in [0.29, 0.717) is 16.8 Å². The van der Waals surface area contributed by atoms with E-state index in [1.807, 2.05) is 0 Å². The molecule has 0 bridgehead atoms. The van der Waals surface area contributed by atoms with Gasteiger partial charge < -0.3 is 26.5 Å². The van der Waals surface area contributed by atoms with Crippen molar-refractivity contribution >= 4 is 17.7 Å². The molecule has 2 rings (SSSR count). The molecule has 9 heteroatoms. The summed E-state index contributed by atoms with van der Waals surface area (Å²) in [7, 11) is 1.39. The van der Waals surface area contributed by atoms with Crippen LogP contribution in [0.25, 0.3) is 0 Å². The van der Waals surface area contributed by atoms with Crippen molar-refractivity contribution in [1.29, 1.82) is 0 Å². The zero-order valence-corrected chi connectivity index (χ0v) is 15.0. The lowest BCUT2D eigenvalue weighted by Crippen LogP contribution is -2.51. The van der Waals surface area contributed by atoms with Crippen LogP contribution in [0.15, 0.2) is 36.8 Å². The number of nitrogens with one attached hydrogen (secondary N) is 1.